The molecule has 0 aromatic heterocycles. The van der Waals surface area contributed by atoms with Crippen molar-refractivity contribution < 1.29 is 19.0 Å². The van der Waals surface area contributed by atoms with E-state index < -0.39 is 6.04 Å². The molecule has 2 N–H and O–H groups in total. The lowest BCUT2D eigenvalue weighted by Gasteiger charge is -2.13. The van der Waals surface area contributed by atoms with Crippen molar-refractivity contribution in [3.05, 3.63) is 48.0 Å². The maximum Gasteiger partial charge on any atom is 0.262 e. The number of ether oxygens (including phenoxy) is 3. The zero-order chi connectivity index (χ0) is 18.9. The fourth-order valence-corrected chi connectivity index (χ4v) is 2.19. The number of hydrogen-bond donors (Lipinski definition) is 2. The van der Waals surface area contributed by atoms with Crippen LogP contribution in [0.1, 0.15) is 12.5 Å². The standard InChI is InChI=1S/C19H23N3O4/c1-13(21-15-6-9-16(24-2)10-7-15)19(23)22-20-12-14-5-8-17(25-3)11-18(14)26-4/h5-13,21H,1-4H3,(H,22,23)/b20-12-/t13-/m1/s1. The number of hydrazone groups is 1. The second-order valence-electron chi connectivity index (χ2n) is 5.44. The highest BCUT2D eigenvalue weighted by molar-refractivity contribution is 5.87. The fourth-order valence-electron chi connectivity index (χ4n) is 2.19. The molecule has 2 aromatic rings. The Morgan fingerprint density at radius 3 is 2.27 bits per heavy atom. The van der Waals surface area contributed by atoms with Gasteiger partial charge in [0, 0.05) is 17.3 Å². The van der Waals surface area contributed by atoms with E-state index in [9.17, 15) is 4.79 Å². The van der Waals surface area contributed by atoms with Crippen LogP contribution in [0.5, 0.6) is 17.2 Å². The molecule has 138 valence electrons. The number of carbonyl (C=O) groups is 1. The summed E-state index contributed by atoms with van der Waals surface area (Å²) in [4.78, 5) is 12.2. The average molecular weight is 357 g/mol. The largest absolute Gasteiger partial charge is 0.497 e. The maximum absolute atomic E-state index is 12.2. The number of hydrogen-bond acceptors (Lipinski definition) is 6. The molecule has 0 spiro atoms. The summed E-state index contributed by atoms with van der Waals surface area (Å²) in [5.41, 5.74) is 4.05. The van der Waals surface area contributed by atoms with Gasteiger partial charge in [-0.05, 0) is 43.3 Å². The number of rotatable bonds is 8. The first-order chi connectivity index (χ1) is 12.6. The predicted molar refractivity (Wildman–Crippen MR) is 101 cm³/mol. The third-order valence-electron chi connectivity index (χ3n) is 3.69. The predicted octanol–water partition coefficient (Wildman–Crippen LogP) is 2.66. The second kappa shape index (κ2) is 9.31. The van der Waals surface area contributed by atoms with E-state index in [4.69, 9.17) is 14.2 Å². The molecular formula is C19H23N3O4. The Kier molecular flexibility index (Phi) is 6.84. The van der Waals surface area contributed by atoms with Gasteiger partial charge in [-0.3, -0.25) is 4.79 Å². The van der Waals surface area contributed by atoms with E-state index >= 15 is 0 Å². The lowest BCUT2D eigenvalue weighted by atomic mass is 10.2. The van der Waals surface area contributed by atoms with Gasteiger partial charge in [0.25, 0.3) is 5.91 Å². The zero-order valence-corrected chi connectivity index (χ0v) is 15.3. The van der Waals surface area contributed by atoms with Crippen molar-refractivity contribution >= 4 is 17.8 Å². The molecule has 0 aliphatic rings. The topological polar surface area (TPSA) is 81.2 Å². The molecule has 26 heavy (non-hydrogen) atoms. The lowest BCUT2D eigenvalue weighted by molar-refractivity contribution is -0.121. The van der Waals surface area contributed by atoms with Gasteiger partial charge >= 0.3 is 0 Å². The Balaban J connectivity index is 1.93. The fraction of sp³-hybridized carbons (Fsp3) is 0.263. The minimum atomic E-state index is -0.460. The van der Waals surface area contributed by atoms with E-state index in [0.29, 0.717) is 11.5 Å². The first-order valence-corrected chi connectivity index (χ1v) is 8.03. The van der Waals surface area contributed by atoms with Gasteiger partial charge in [0.05, 0.1) is 27.5 Å². The van der Waals surface area contributed by atoms with Crippen molar-refractivity contribution in [3.8, 4) is 17.2 Å². The molecule has 0 saturated heterocycles. The minimum Gasteiger partial charge on any atom is -0.497 e. The molecule has 0 unspecified atom stereocenters. The SMILES string of the molecule is COc1ccc(N[C@H](C)C(=O)N/N=C\c2ccc(OC)cc2OC)cc1. The zero-order valence-electron chi connectivity index (χ0n) is 15.3. The lowest BCUT2D eigenvalue weighted by Crippen LogP contribution is -2.34. The van der Waals surface area contributed by atoms with Crippen molar-refractivity contribution in [2.75, 3.05) is 26.6 Å². The van der Waals surface area contributed by atoms with Crippen LogP contribution in [0.25, 0.3) is 0 Å². The van der Waals surface area contributed by atoms with Crippen molar-refractivity contribution in [2.24, 2.45) is 5.10 Å². The van der Waals surface area contributed by atoms with Crippen LogP contribution in [-0.2, 0) is 4.79 Å². The van der Waals surface area contributed by atoms with Crippen LogP contribution in [0, 0.1) is 0 Å². The number of nitrogens with zero attached hydrogens (tertiary/aromatic N) is 1. The number of amides is 1. The molecule has 0 saturated carbocycles. The van der Waals surface area contributed by atoms with Gasteiger partial charge in [-0.15, -0.1) is 0 Å². The molecule has 1 amide bonds. The van der Waals surface area contributed by atoms with Crippen LogP contribution in [0.2, 0.25) is 0 Å². The number of methoxy groups -OCH3 is 3. The molecule has 0 aliphatic carbocycles. The highest BCUT2D eigenvalue weighted by Crippen LogP contribution is 2.23. The summed E-state index contributed by atoms with van der Waals surface area (Å²) in [6.45, 7) is 1.75. The summed E-state index contributed by atoms with van der Waals surface area (Å²) < 4.78 is 15.5. The van der Waals surface area contributed by atoms with Crippen LogP contribution in [-0.4, -0.2) is 39.5 Å². The van der Waals surface area contributed by atoms with Crippen molar-refractivity contribution in [1.29, 1.82) is 0 Å². The summed E-state index contributed by atoms with van der Waals surface area (Å²) in [6, 6.07) is 12.2. The van der Waals surface area contributed by atoms with Gasteiger partial charge in [0.2, 0.25) is 0 Å². The van der Waals surface area contributed by atoms with E-state index in [-0.39, 0.29) is 5.91 Å². The molecule has 2 aromatic carbocycles. The van der Waals surface area contributed by atoms with Gasteiger partial charge in [-0.2, -0.15) is 5.10 Å². The molecule has 0 bridgehead atoms. The minimum absolute atomic E-state index is 0.260. The van der Waals surface area contributed by atoms with E-state index in [2.05, 4.69) is 15.8 Å². The van der Waals surface area contributed by atoms with E-state index in [1.165, 1.54) is 6.21 Å². The van der Waals surface area contributed by atoms with Crippen LogP contribution < -0.4 is 25.0 Å². The van der Waals surface area contributed by atoms with Crippen LogP contribution in [0.3, 0.4) is 0 Å². The molecule has 2 rings (SSSR count). The van der Waals surface area contributed by atoms with E-state index in [1.807, 2.05) is 24.3 Å². The molecule has 7 nitrogen and oxygen atoms in total. The third kappa shape index (κ3) is 5.14. The highest BCUT2D eigenvalue weighted by Gasteiger charge is 2.11. The Morgan fingerprint density at radius 1 is 1.00 bits per heavy atom. The molecule has 0 fully saturated rings. The Hall–Kier alpha value is -3.22. The number of carbonyl (C=O) groups excluding carboxylic acids is 1. The average Bonchev–Trinajstić information content (AvgIpc) is 2.68. The summed E-state index contributed by atoms with van der Waals surface area (Å²) >= 11 is 0. The molecule has 0 aliphatic heterocycles. The number of nitrogens with one attached hydrogen (secondary N) is 2. The van der Waals surface area contributed by atoms with Crippen LogP contribution >= 0.6 is 0 Å². The van der Waals surface area contributed by atoms with Gasteiger partial charge in [0.1, 0.15) is 23.3 Å². The van der Waals surface area contributed by atoms with Crippen LogP contribution in [0.4, 0.5) is 5.69 Å². The van der Waals surface area contributed by atoms with Crippen molar-refractivity contribution in [2.45, 2.75) is 13.0 Å². The number of anilines is 1. The molecule has 7 heteroatoms. The van der Waals surface area contributed by atoms with Crippen LogP contribution in [0.15, 0.2) is 47.6 Å². The third-order valence-corrected chi connectivity index (χ3v) is 3.69. The van der Waals surface area contributed by atoms with E-state index in [0.717, 1.165) is 17.0 Å². The molecule has 1 atom stereocenters. The van der Waals surface area contributed by atoms with Gasteiger partial charge < -0.3 is 19.5 Å². The molecular weight excluding hydrogens is 334 g/mol. The van der Waals surface area contributed by atoms with Gasteiger partial charge in [-0.1, -0.05) is 0 Å². The second-order valence-corrected chi connectivity index (χ2v) is 5.44. The van der Waals surface area contributed by atoms with E-state index in [1.54, 1.807) is 46.5 Å². The molecule has 0 heterocycles. The first kappa shape index (κ1) is 19.1. The monoisotopic (exact) mass is 357 g/mol. The van der Waals surface area contributed by atoms with Gasteiger partial charge in [-0.25, -0.2) is 5.43 Å². The molecule has 0 radical (unpaired) electrons. The summed E-state index contributed by atoms with van der Waals surface area (Å²) in [5, 5.41) is 7.09. The van der Waals surface area contributed by atoms with Crippen molar-refractivity contribution in [3.63, 3.8) is 0 Å². The summed E-state index contributed by atoms with van der Waals surface area (Å²) in [6.07, 6.45) is 1.52. The quantitative estimate of drug-likeness (QED) is 0.561. The normalized spacial score (nSPS) is 11.7. The summed E-state index contributed by atoms with van der Waals surface area (Å²) in [7, 11) is 4.75. The highest BCUT2D eigenvalue weighted by atomic mass is 16.5. The smallest absolute Gasteiger partial charge is 0.262 e. The summed E-state index contributed by atoms with van der Waals surface area (Å²) in [5.74, 6) is 1.78. The maximum atomic E-state index is 12.2. The Labute approximate surface area is 153 Å². The van der Waals surface area contributed by atoms with Crippen molar-refractivity contribution in [1.82, 2.24) is 5.43 Å². The Morgan fingerprint density at radius 2 is 1.65 bits per heavy atom. The van der Waals surface area contributed by atoms with Gasteiger partial charge in [0.15, 0.2) is 0 Å². The first-order valence-electron chi connectivity index (χ1n) is 8.03. The Bertz CT molecular complexity index is 760. The number of benzene rings is 2.